The Hall–Kier alpha value is -3.07. The largest absolute Gasteiger partial charge is 0.320 e. The second-order valence-electron chi connectivity index (χ2n) is 6.08. The Morgan fingerprint density at radius 1 is 1.18 bits per heavy atom. The van der Waals surface area contributed by atoms with Gasteiger partial charge in [0, 0.05) is 16.3 Å². The minimum atomic E-state index is -0.557. The highest BCUT2D eigenvalue weighted by Gasteiger charge is 2.16. The van der Waals surface area contributed by atoms with Crippen molar-refractivity contribution >= 4 is 40.9 Å². The van der Waals surface area contributed by atoms with Crippen molar-refractivity contribution in [2.24, 2.45) is 0 Å². The van der Waals surface area contributed by atoms with Crippen LogP contribution in [0.5, 0.6) is 0 Å². The Kier molecular flexibility index (Phi) is 5.84. The number of benzene rings is 2. The van der Waals surface area contributed by atoms with Gasteiger partial charge in [-0.1, -0.05) is 41.4 Å². The topological polar surface area (TPSA) is 70.7 Å². The molecule has 0 atom stereocenters. The summed E-state index contributed by atoms with van der Waals surface area (Å²) in [6, 6.07) is 16.3. The van der Waals surface area contributed by atoms with Crippen molar-refractivity contribution in [1.82, 2.24) is 9.78 Å². The molecule has 1 aromatic heterocycles. The zero-order valence-corrected chi connectivity index (χ0v) is 16.7. The summed E-state index contributed by atoms with van der Waals surface area (Å²) in [5, 5.41) is 17.4. The summed E-state index contributed by atoms with van der Waals surface area (Å²) in [5.74, 6) is -0.557. The SMILES string of the molecule is Cc1nn(-c2ccccc2)c(C)c1/C=C(/C#N)C(=O)Nc1ccc(Cl)cc1Cl. The molecule has 28 heavy (non-hydrogen) atoms. The molecular weight excluding hydrogens is 395 g/mol. The molecule has 1 amide bonds. The van der Waals surface area contributed by atoms with Crippen molar-refractivity contribution in [1.29, 1.82) is 5.26 Å². The second kappa shape index (κ2) is 8.30. The minimum absolute atomic E-state index is 0.0511. The van der Waals surface area contributed by atoms with Gasteiger partial charge < -0.3 is 5.32 Å². The molecule has 0 aliphatic carbocycles. The molecule has 7 heteroatoms. The Labute approximate surface area is 172 Å². The molecule has 0 fully saturated rings. The van der Waals surface area contributed by atoms with Crippen LogP contribution in [0.25, 0.3) is 11.8 Å². The van der Waals surface area contributed by atoms with Gasteiger partial charge in [0.15, 0.2) is 0 Å². The quantitative estimate of drug-likeness (QED) is 0.465. The smallest absolute Gasteiger partial charge is 0.266 e. The first-order valence-electron chi connectivity index (χ1n) is 8.40. The van der Waals surface area contributed by atoms with Crippen molar-refractivity contribution in [3.8, 4) is 11.8 Å². The molecular formula is C21H16Cl2N4O. The molecule has 0 saturated carbocycles. The number of para-hydroxylation sites is 1. The molecule has 0 aliphatic heterocycles. The number of amides is 1. The molecule has 5 nitrogen and oxygen atoms in total. The predicted molar refractivity (Wildman–Crippen MR) is 112 cm³/mol. The third-order valence-electron chi connectivity index (χ3n) is 4.18. The number of anilines is 1. The zero-order chi connectivity index (χ0) is 20.3. The number of nitrogens with zero attached hydrogens (tertiary/aromatic N) is 3. The number of aryl methyl sites for hydroxylation is 1. The molecule has 140 valence electrons. The molecule has 0 spiro atoms. The summed E-state index contributed by atoms with van der Waals surface area (Å²) in [7, 11) is 0. The van der Waals surface area contributed by atoms with Gasteiger partial charge in [0.25, 0.3) is 5.91 Å². The maximum Gasteiger partial charge on any atom is 0.266 e. The van der Waals surface area contributed by atoms with Crippen LogP contribution in [0.3, 0.4) is 0 Å². The van der Waals surface area contributed by atoms with E-state index < -0.39 is 5.91 Å². The van der Waals surface area contributed by atoms with Crippen LogP contribution >= 0.6 is 23.2 Å². The standard InChI is InChI=1S/C21H16Cl2N4O/c1-13-18(14(2)27(26-13)17-6-4-3-5-7-17)10-15(12-24)21(28)25-20-9-8-16(22)11-19(20)23/h3-11H,1-2H3,(H,25,28)/b15-10-. The fourth-order valence-electron chi connectivity index (χ4n) is 2.76. The van der Waals surface area contributed by atoms with E-state index in [1.54, 1.807) is 16.8 Å². The Balaban J connectivity index is 1.94. The van der Waals surface area contributed by atoms with Gasteiger partial charge in [0.05, 0.1) is 22.1 Å². The van der Waals surface area contributed by atoms with E-state index in [1.807, 2.05) is 50.2 Å². The average molecular weight is 411 g/mol. The van der Waals surface area contributed by atoms with Crippen LogP contribution in [-0.4, -0.2) is 15.7 Å². The van der Waals surface area contributed by atoms with E-state index in [-0.39, 0.29) is 5.57 Å². The van der Waals surface area contributed by atoms with Crippen molar-refractivity contribution in [2.75, 3.05) is 5.32 Å². The summed E-state index contributed by atoms with van der Waals surface area (Å²) in [5.41, 5.74) is 3.49. The lowest BCUT2D eigenvalue weighted by molar-refractivity contribution is -0.112. The lowest BCUT2D eigenvalue weighted by Gasteiger charge is -2.07. The van der Waals surface area contributed by atoms with Crippen molar-refractivity contribution in [3.05, 3.63) is 81.1 Å². The van der Waals surface area contributed by atoms with E-state index in [1.165, 1.54) is 12.1 Å². The minimum Gasteiger partial charge on any atom is -0.320 e. The molecule has 0 bridgehead atoms. The molecule has 0 saturated heterocycles. The summed E-state index contributed by atoms with van der Waals surface area (Å²) in [6.45, 7) is 3.73. The van der Waals surface area contributed by atoms with Crippen molar-refractivity contribution in [3.63, 3.8) is 0 Å². The summed E-state index contributed by atoms with van der Waals surface area (Å²) < 4.78 is 1.78. The van der Waals surface area contributed by atoms with Crippen molar-refractivity contribution in [2.45, 2.75) is 13.8 Å². The molecule has 3 rings (SSSR count). The van der Waals surface area contributed by atoms with Crippen LogP contribution in [0, 0.1) is 25.2 Å². The van der Waals surface area contributed by atoms with Crippen LogP contribution in [0.1, 0.15) is 17.0 Å². The maximum atomic E-state index is 12.6. The Morgan fingerprint density at radius 3 is 2.54 bits per heavy atom. The van der Waals surface area contributed by atoms with Gasteiger partial charge in [-0.05, 0) is 50.3 Å². The van der Waals surface area contributed by atoms with Crippen LogP contribution in [0.15, 0.2) is 54.1 Å². The number of nitriles is 1. The number of aromatic nitrogens is 2. The number of hydrogen-bond acceptors (Lipinski definition) is 3. The first-order valence-corrected chi connectivity index (χ1v) is 9.16. The number of carbonyl (C=O) groups excluding carboxylic acids is 1. The van der Waals surface area contributed by atoms with E-state index in [9.17, 15) is 10.1 Å². The molecule has 3 aromatic rings. The van der Waals surface area contributed by atoms with Gasteiger partial charge in [-0.15, -0.1) is 0 Å². The maximum absolute atomic E-state index is 12.6. The molecule has 0 unspecified atom stereocenters. The van der Waals surface area contributed by atoms with E-state index in [2.05, 4.69) is 10.4 Å². The molecule has 1 heterocycles. The average Bonchev–Trinajstić information content (AvgIpc) is 2.96. The van der Waals surface area contributed by atoms with E-state index in [0.717, 1.165) is 16.9 Å². The first kappa shape index (κ1) is 19.7. The van der Waals surface area contributed by atoms with Gasteiger partial charge in [-0.2, -0.15) is 10.4 Å². The number of carbonyl (C=O) groups is 1. The normalized spacial score (nSPS) is 11.2. The van der Waals surface area contributed by atoms with E-state index in [0.29, 0.717) is 21.4 Å². The first-order chi connectivity index (χ1) is 13.4. The van der Waals surface area contributed by atoms with Gasteiger partial charge in [-0.25, -0.2) is 4.68 Å². The van der Waals surface area contributed by atoms with Gasteiger partial charge in [-0.3, -0.25) is 4.79 Å². The van der Waals surface area contributed by atoms with Gasteiger partial charge in [0.1, 0.15) is 11.6 Å². The molecule has 1 N–H and O–H groups in total. The van der Waals surface area contributed by atoms with E-state index in [4.69, 9.17) is 23.2 Å². The molecule has 0 radical (unpaired) electrons. The summed E-state index contributed by atoms with van der Waals surface area (Å²) >= 11 is 12.0. The zero-order valence-electron chi connectivity index (χ0n) is 15.2. The van der Waals surface area contributed by atoms with E-state index >= 15 is 0 Å². The van der Waals surface area contributed by atoms with Crippen LogP contribution < -0.4 is 5.32 Å². The van der Waals surface area contributed by atoms with Crippen molar-refractivity contribution < 1.29 is 4.79 Å². The molecule has 2 aromatic carbocycles. The third-order valence-corrected chi connectivity index (χ3v) is 4.73. The summed E-state index contributed by atoms with van der Waals surface area (Å²) in [6.07, 6.45) is 1.54. The fraction of sp³-hybridized carbons (Fsp3) is 0.0952. The monoisotopic (exact) mass is 410 g/mol. The van der Waals surface area contributed by atoms with Gasteiger partial charge >= 0.3 is 0 Å². The predicted octanol–water partition coefficient (Wildman–Crippen LogP) is 5.34. The number of nitrogens with one attached hydrogen (secondary N) is 1. The highest BCUT2D eigenvalue weighted by atomic mass is 35.5. The number of halogens is 2. The third kappa shape index (κ3) is 4.09. The van der Waals surface area contributed by atoms with Gasteiger partial charge in [0.2, 0.25) is 0 Å². The Bertz CT molecular complexity index is 1110. The lowest BCUT2D eigenvalue weighted by Crippen LogP contribution is -2.13. The number of hydrogen-bond donors (Lipinski definition) is 1. The van der Waals surface area contributed by atoms with Crippen LogP contribution in [-0.2, 0) is 4.79 Å². The van der Waals surface area contributed by atoms with Crippen LogP contribution in [0.2, 0.25) is 10.0 Å². The number of rotatable bonds is 4. The Morgan fingerprint density at radius 2 is 1.89 bits per heavy atom. The lowest BCUT2D eigenvalue weighted by atomic mass is 10.1. The van der Waals surface area contributed by atoms with Crippen LogP contribution in [0.4, 0.5) is 5.69 Å². The highest BCUT2D eigenvalue weighted by Crippen LogP contribution is 2.26. The highest BCUT2D eigenvalue weighted by molar-refractivity contribution is 6.36. The molecule has 0 aliphatic rings. The summed E-state index contributed by atoms with van der Waals surface area (Å²) in [4.78, 5) is 12.6. The fourth-order valence-corrected chi connectivity index (χ4v) is 3.21. The second-order valence-corrected chi connectivity index (χ2v) is 6.92.